The van der Waals surface area contributed by atoms with E-state index < -0.39 is 5.97 Å². The molecule has 0 amide bonds. The van der Waals surface area contributed by atoms with Crippen LogP contribution in [-0.2, 0) is 6.42 Å². The molecule has 0 radical (unpaired) electrons. The van der Waals surface area contributed by atoms with Crippen LogP contribution < -0.4 is 34.7 Å². The molecule has 0 aliphatic carbocycles. The normalized spacial score (nSPS) is 13.0. The minimum Gasteiger partial charge on any atom is -0.545 e. The van der Waals surface area contributed by atoms with Gasteiger partial charge in [0.15, 0.2) is 0 Å². The number of fused-ring (bicyclic) bond motifs is 1. The van der Waals surface area contributed by atoms with Crippen LogP contribution in [0.1, 0.15) is 60.0 Å². The molecule has 0 saturated carbocycles. The van der Waals surface area contributed by atoms with Crippen molar-refractivity contribution in [2.45, 2.75) is 44.9 Å². The monoisotopic (exact) mass is 401 g/mol. The van der Waals surface area contributed by atoms with Gasteiger partial charge in [0.05, 0.1) is 12.6 Å². The van der Waals surface area contributed by atoms with Gasteiger partial charge in [-0.1, -0.05) is 56.5 Å². The third-order valence-corrected chi connectivity index (χ3v) is 5.65. The Hall–Kier alpha value is -1.59. The summed E-state index contributed by atoms with van der Waals surface area (Å²) in [4.78, 5) is 14.8. The average Bonchev–Trinajstić information content (AvgIpc) is 3.16. The van der Waals surface area contributed by atoms with Crippen LogP contribution in [0.4, 0.5) is 0 Å². The smallest absolute Gasteiger partial charge is 0.545 e. The zero-order valence-electron chi connectivity index (χ0n) is 17.4. The van der Waals surface area contributed by atoms with Crippen molar-refractivity contribution < 1.29 is 44.6 Å². The van der Waals surface area contributed by atoms with Crippen LogP contribution in [0.15, 0.2) is 54.7 Å². The van der Waals surface area contributed by atoms with Crippen LogP contribution in [0.5, 0.6) is 0 Å². The number of H-pyrrole nitrogens is 1. The van der Waals surface area contributed by atoms with Gasteiger partial charge in [0.2, 0.25) is 0 Å². The van der Waals surface area contributed by atoms with E-state index in [1.54, 1.807) is 6.07 Å². The first kappa shape index (κ1) is 23.7. The van der Waals surface area contributed by atoms with Crippen LogP contribution in [0.3, 0.4) is 0 Å². The third-order valence-electron chi connectivity index (χ3n) is 5.65. The maximum atomic E-state index is 11.8. The molecule has 0 fully saturated rings. The summed E-state index contributed by atoms with van der Waals surface area (Å²) in [5, 5.41) is 22.9. The minimum absolute atomic E-state index is 0. The minimum atomic E-state index is -1.15. The predicted octanol–water partition coefficient (Wildman–Crippen LogP) is 1.05. The SMILES string of the molecule is CCCCCC(Cc1cc2cc[nH]c2cc1C(=O)[O-])C(CO)c1ccccc1.[Na+]. The molecule has 2 atom stereocenters. The van der Waals surface area contributed by atoms with Gasteiger partial charge in [0.1, 0.15) is 0 Å². The van der Waals surface area contributed by atoms with E-state index in [2.05, 4.69) is 11.9 Å². The summed E-state index contributed by atoms with van der Waals surface area (Å²) in [6.45, 7) is 2.22. The topological polar surface area (TPSA) is 76.2 Å². The molecule has 1 aromatic heterocycles. The molecule has 0 saturated heterocycles. The number of hydrogen-bond donors (Lipinski definition) is 2. The van der Waals surface area contributed by atoms with Crippen molar-refractivity contribution >= 4 is 16.9 Å². The first-order valence-corrected chi connectivity index (χ1v) is 10.1. The van der Waals surface area contributed by atoms with E-state index in [0.717, 1.165) is 47.7 Å². The number of aliphatic hydroxyl groups excluding tert-OH is 1. The number of hydrogen-bond acceptors (Lipinski definition) is 3. The summed E-state index contributed by atoms with van der Waals surface area (Å²) >= 11 is 0. The Morgan fingerprint density at radius 3 is 2.55 bits per heavy atom. The number of carboxylic acid groups (broad SMARTS) is 1. The molecule has 0 aliphatic rings. The van der Waals surface area contributed by atoms with Crippen LogP contribution in [0.2, 0.25) is 0 Å². The van der Waals surface area contributed by atoms with Gasteiger partial charge in [-0.3, -0.25) is 0 Å². The molecule has 2 aromatic carbocycles. The van der Waals surface area contributed by atoms with Crippen molar-refractivity contribution in [2.24, 2.45) is 5.92 Å². The predicted molar refractivity (Wildman–Crippen MR) is 110 cm³/mol. The van der Waals surface area contributed by atoms with Crippen molar-refractivity contribution in [2.75, 3.05) is 6.61 Å². The second-order valence-corrected chi connectivity index (χ2v) is 7.52. The third kappa shape index (κ3) is 5.95. The summed E-state index contributed by atoms with van der Waals surface area (Å²) < 4.78 is 0. The van der Waals surface area contributed by atoms with Crippen LogP contribution >= 0.6 is 0 Å². The number of aromatic carboxylic acids is 1. The molecule has 3 aromatic rings. The molecule has 2 unspecified atom stereocenters. The number of unbranched alkanes of at least 4 members (excludes halogenated alkanes) is 2. The number of nitrogens with one attached hydrogen (secondary N) is 1. The van der Waals surface area contributed by atoms with E-state index in [1.165, 1.54) is 0 Å². The summed E-state index contributed by atoms with van der Waals surface area (Å²) in [6.07, 6.45) is 6.69. The molecule has 0 bridgehead atoms. The van der Waals surface area contributed by atoms with E-state index >= 15 is 0 Å². The summed E-state index contributed by atoms with van der Waals surface area (Å²) in [5.74, 6) is -1.01. The van der Waals surface area contributed by atoms with Crippen molar-refractivity contribution in [3.05, 3.63) is 71.4 Å². The maximum absolute atomic E-state index is 11.8. The van der Waals surface area contributed by atoms with Crippen LogP contribution in [0.25, 0.3) is 10.9 Å². The van der Waals surface area contributed by atoms with E-state index in [4.69, 9.17) is 0 Å². The number of carbonyl (C=O) groups is 1. The molecule has 0 spiro atoms. The van der Waals surface area contributed by atoms with E-state index in [-0.39, 0.29) is 53.6 Å². The quantitative estimate of drug-likeness (QED) is 0.394. The zero-order chi connectivity index (χ0) is 19.9. The number of aromatic nitrogens is 1. The molecule has 0 aliphatic heterocycles. The number of aromatic amines is 1. The van der Waals surface area contributed by atoms with Gasteiger partial charge in [-0.2, -0.15) is 0 Å². The fourth-order valence-corrected chi connectivity index (χ4v) is 4.12. The average molecular weight is 401 g/mol. The number of carboxylic acids is 1. The Morgan fingerprint density at radius 2 is 1.90 bits per heavy atom. The van der Waals surface area contributed by atoms with E-state index in [9.17, 15) is 15.0 Å². The van der Waals surface area contributed by atoms with Crippen LogP contribution in [-0.4, -0.2) is 22.7 Å². The van der Waals surface area contributed by atoms with E-state index in [1.807, 2.05) is 48.7 Å². The number of benzene rings is 2. The van der Waals surface area contributed by atoms with Crippen LogP contribution in [0, 0.1) is 5.92 Å². The van der Waals surface area contributed by atoms with Gasteiger partial charge in [-0.25, -0.2) is 0 Å². The second-order valence-electron chi connectivity index (χ2n) is 7.52. The standard InChI is InChI=1S/C24H29NO3.Na/c1-2-3-5-10-18(22(16-26)17-8-6-4-7-9-17)13-20-14-19-11-12-25-23(19)15-21(20)24(27)28;/h4,6-9,11-12,14-15,18,22,25-26H,2-3,5,10,13,16H2,1H3,(H,27,28);/q;+1/p-1. The van der Waals surface area contributed by atoms with Crippen molar-refractivity contribution in [3.63, 3.8) is 0 Å². The Morgan fingerprint density at radius 1 is 1.14 bits per heavy atom. The van der Waals surface area contributed by atoms with Gasteiger partial charge >= 0.3 is 29.6 Å². The molecule has 2 N–H and O–H groups in total. The van der Waals surface area contributed by atoms with Gasteiger partial charge in [0, 0.05) is 23.2 Å². The molecular formula is C24H28NNaO3. The number of carbonyl (C=O) groups excluding carboxylic acids is 1. The number of aliphatic hydroxyl groups is 1. The fourth-order valence-electron chi connectivity index (χ4n) is 4.12. The fraction of sp³-hybridized carbons (Fsp3) is 0.375. The van der Waals surface area contributed by atoms with Gasteiger partial charge in [-0.15, -0.1) is 0 Å². The molecular weight excluding hydrogens is 373 g/mol. The number of rotatable bonds is 10. The van der Waals surface area contributed by atoms with Crippen molar-refractivity contribution in [1.82, 2.24) is 4.98 Å². The molecule has 5 heteroatoms. The molecule has 29 heavy (non-hydrogen) atoms. The molecule has 148 valence electrons. The Labute approximate surface area is 194 Å². The Kier molecular flexibility index (Phi) is 9.44. The van der Waals surface area contributed by atoms with Crippen molar-refractivity contribution in [1.29, 1.82) is 0 Å². The molecule has 1 heterocycles. The Balaban J connectivity index is 0.00000300. The first-order valence-electron chi connectivity index (χ1n) is 10.1. The van der Waals surface area contributed by atoms with Crippen molar-refractivity contribution in [3.8, 4) is 0 Å². The Bertz CT molecular complexity index is 907. The summed E-state index contributed by atoms with van der Waals surface area (Å²) in [5.41, 5.74) is 2.92. The first-order chi connectivity index (χ1) is 13.6. The second kappa shape index (κ2) is 11.6. The largest absolute Gasteiger partial charge is 1.00 e. The van der Waals surface area contributed by atoms with Gasteiger partial charge in [-0.05, 0) is 53.5 Å². The molecule has 3 rings (SSSR count). The zero-order valence-corrected chi connectivity index (χ0v) is 19.4. The van der Waals surface area contributed by atoms with Gasteiger partial charge in [0.25, 0.3) is 0 Å². The maximum Gasteiger partial charge on any atom is 1.00 e. The van der Waals surface area contributed by atoms with Gasteiger partial charge < -0.3 is 20.0 Å². The molecule has 4 nitrogen and oxygen atoms in total. The summed E-state index contributed by atoms with van der Waals surface area (Å²) in [7, 11) is 0. The van der Waals surface area contributed by atoms with E-state index in [0.29, 0.717) is 6.42 Å². The summed E-state index contributed by atoms with van der Waals surface area (Å²) in [6, 6.07) is 15.6.